The molecule has 114 valence electrons. The summed E-state index contributed by atoms with van der Waals surface area (Å²) in [6, 6.07) is -0.631. The summed E-state index contributed by atoms with van der Waals surface area (Å²) >= 11 is 0. The van der Waals surface area contributed by atoms with Crippen LogP contribution in [0.5, 0.6) is 0 Å². The number of nitrogens with zero attached hydrogens (tertiary/aromatic N) is 1. The lowest BCUT2D eigenvalue weighted by Crippen LogP contribution is -2.46. The number of hydrogen-bond donors (Lipinski definition) is 3. The number of amides is 2. The Morgan fingerprint density at radius 2 is 1.75 bits per heavy atom. The van der Waals surface area contributed by atoms with Gasteiger partial charge in [0.2, 0.25) is 0 Å². The summed E-state index contributed by atoms with van der Waals surface area (Å²) in [6.07, 6.45) is 4.42. The molecular weight excluding hydrogens is 264 g/mol. The number of aliphatic carboxylic acids is 2. The summed E-state index contributed by atoms with van der Waals surface area (Å²) in [5.74, 6) is -1.43. The number of rotatable bonds is 6. The van der Waals surface area contributed by atoms with Crippen LogP contribution in [0, 0.1) is 11.8 Å². The smallest absolute Gasteiger partial charge is 0.323 e. The molecule has 0 aromatic carbocycles. The van der Waals surface area contributed by atoms with Crippen LogP contribution >= 0.6 is 0 Å². The predicted molar refractivity (Wildman–Crippen MR) is 71.4 cm³/mol. The minimum atomic E-state index is -1.23. The molecule has 1 aliphatic carbocycles. The van der Waals surface area contributed by atoms with Crippen LogP contribution in [0.4, 0.5) is 4.79 Å². The lowest BCUT2D eigenvalue weighted by Gasteiger charge is -2.28. The van der Waals surface area contributed by atoms with Gasteiger partial charge in [0, 0.05) is 6.54 Å². The van der Waals surface area contributed by atoms with E-state index in [2.05, 4.69) is 12.2 Å². The fourth-order valence-electron chi connectivity index (χ4n) is 2.61. The fraction of sp³-hybridized carbons (Fsp3) is 0.769. The molecule has 0 aliphatic heterocycles. The van der Waals surface area contributed by atoms with Crippen LogP contribution in [-0.4, -0.2) is 52.7 Å². The second-order valence-corrected chi connectivity index (χ2v) is 5.47. The number of carbonyl (C=O) groups is 3. The Labute approximate surface area is 117 Å². The first-order chi connectivity index (χ1) is 9.38. The molecule has 2 atom stereocenters. The van der Waals surface area contributed by atoms with Crippen LogP contribution in [0.1, 0.15) is 32.6 Å². The maximum absolute atomic E-state index is 11.8. The van der Waals surface area contributed by atoms with Crippen molar-refractivity contribution >= 4 is 18.0 Å². The van der Waals surface area contributed by atoms with Gasteiger partial charge in [0.25, 0.3) is 0 Å². The Hall–Kier alpha value is -1.79. The molecule has 7 nitrogen and oxygen atoms in total. The standard InChI is InChI=1S/C13H22N2O5/c1-9-3-2-4-10(5-9)6-14-13(20)15(7-11(16)17)8-12(18)19/h9-10H,2-8H2,1H3,(H,14,20)(H,16,17)(H,18,19). The second kappa shape index (κ2) is 7.72. The molecule has 2 amide bonds. The molecule has 0 bridgehead atoms. The Balaban J connectivity index is 2.44. The van der Waals surface area contributed by atoms with Gasteiger partial charge in [-0.3, -0.25) is 9.59 Å². The third-order valence-corrected chi connectivity index (χ3v) is 3.53. The molecule has 0 saturated heterocycles. The minimum absolute atomic E-state index is 0.388. The van der Waals surface area contributed by atoms with Crippen LogP contribution in [-0.2, 0) is 9.59 Å². The Morgan fingerprint density at radius 3 is 2.25 bits per heavy atom. The van der Waals surface area contributed by atoms with E-state index in [1.165, 1.54) is 6.42 Å². The van der Waals surface area contributed by atoms with Gasteiger partial charge in [0.05, 0.1) is 0 Å². The topological polar surface area (TPSA) is 107 Å². The molecule has 0 spiro atoms. The van der Waals surface area contributed by atoms with Crippen molar-refractivity contribution in [2.75, 3.05) is 19.6 Å². The van der Waals surface area contributed by atoms with E-state index >= 15 is 0 Å². The van der Waals surface area contributed by atoms with Crippen molar-refractivity contribution in [3.05, 3.63) is 0 Å². The maximum Gasteiger partial charge on any atom is 0.323 e. The average molecular weight is 286 g/mol. The maximum atomic E-state index is 11.8. The van der Waals surface area contributed by atoms with Crippen LogP contribution in [0.2, 0.25) is 0 Å². The molecule has 20 heavy (non-hydrogen) atoms. The largest absolute Gasteiger partial charge is 0.480 e. The molecule has 1 saturated carbocycles. The van der Waals surface area contributed by atoms with E-state index in [4.69, 9.17) is 10.2 Å². The zero-order valence-corrected chi connectivity index (χ0v) is 11.7. The first-order valence-electron chi connectivity index (χ1n) is 6.84. The van der Waals surface area contributed by atoms with Gasteiger partial charge in [-0.2, -0.15) is 0 Å². The summed E-state index contributed by atoms with van der Waals surface area (Å²) < 4.78 is 0. The molecular formula is C13H22N2O5. The Kier molecular flexibility index (Phi) is 6.27. The van der Waals surface area contributed by atoms with Gasteiger partial charge in [0.1, 0.15) is 13.1 Å². The summed E-state index contributed by atoms with van der Waals surface area (Å²) in [7, 11) is 0. The van der Waals surface area contributed by atoms with Crippen LogP contribution in [0.3, 0.4) is 0 Å². The number of urea groups is 1. The molecule has 2 unspecified atom stereocenters. The van der Waals surface area contributed by atoms with Crippen molar-refractivity contribution < 1.29 is 24.6 Å². The van der Waals surface area contributed by atoms with E-state index in [0.717, 1.165) is 24.2 Å². The molecule has 0 heterocycles. The third kappa shape index (κ3) is 5.90. The van der Waals surface area contributed by atoms with Gasteiger partial charge in [-0.15, -0.1) is 0 Å². The summed E-state index contributed by atoms with van der Waals surface area (Å²) in [5.41, 5.74) is 0. The van der Waals surface area contributed by atoms with Crippen molar-refractivity contribution in [2.45, 2.75) is 32.6 Å². The van der Waals surface area contributed by atoms with Gasteiger partial charge < -0.3 is 20.4 Å². The van der Waals surface area contributed by atoms with E-state index in [-0.39, 0.29) is 0 Å². The highest BCUT2D eigenvalue weighted by atomic mass is 16.4. The molecule has 7 heteroatoms. The lowest BCUT2D eigenvalue weighted by atomic mass is 9.82. The molecule has 0 aromatic rings. The Bertz CT molecular complexity index is 356. The highest BCUT2D eigenvalue weighted by molar-refractivity contribution is 5.84. The predicted octanol–water partition coefficient (Wildman–Crippen LogP) is 0.994. The normalized spacial score (nSPS) is 22.1. The molecule has 3 N–H and O–H groups in total. The van der Waals surface area contributed by atoms with Crippen molar-refractivity contribution in [2.24, 2.45) is 11.8 Å². The van der Waals surface area contributed by atoms with Crippen LogP contribution in [0.25, 0.3) is 0 Å². The van der Waals surface area contributed by atoms with Crippen molar-refractivity contribution in [3.8, 4) is 0 Å². The zero-order chi connectivity index (χ0) is 15.1. The Morgan fingerprint density at radius 1 is 1.15 bits per heavy atom. The van der Waals surface area contributed by atoms with E-state index in [0.29, 0.717) is 18.4 Å². The van der Waals surface area contributed by atoms with Gasteiger partial charge in [-0.1, -0.05) is 19.8 Å². The summed E-state index contributed by atoms with van der Waals surface area (Å²) in [6.45, 7) is 1.42. The van der Waals surface area contributed by atoms with Crippen molar-refractivity contribution in [1.82, 2.24) is 10.2 Å². The van der Waals surface area contributed by atoms with E-state index in [9.17, 15) is 14.4 Å². The molecule has 1 aliphatic rings. The van der Waals surface area contributed by atoms with E-state index in [1.54, 1.807) is 0 Å². The van der Waals surface area contributed by atoms with Gasteiger partial charge in [-0.25, -0.2) is 4.79 Å². The van der Waals surface area contributed by atoms with Crippen LogP contribution in [0.15, 0.2) is 0 Å². The second-order valence-electron chi connectivity index (χ2n) is 5.47. The molecule has 0 aromatic heterocycles. The zero-order valence-electron chi connectivity index (χ0n) is 11.7. The summed E-state index contributed by atoms with van der Waals surface area (Å²) in [4.78, 5) is 33.9. The monoisotopic (exact) mass is 286 g/mol. The quantitative estimate of drug-likeness (QED) is 0.675. The van der Waals surface area contributed by atoms with Gasteiger partial charge >= 0.3 is 18.0 Å². The lowest BCUT2D eigenvalue weighted by molar-refractivity contribution is -0.140. The van der Waals surface area contributed by atoms with Gasteiger partial charge in [0.15, 0.2) is 0 Å². The molecule has 0 radical (unpaired) electrons. The first kappa shape index (κ1) is 16.3. The number of carboxylic acids is 2. The number of carbonyl (C=O) groups excluding carboxylic acids is 1. The average Bonchev–Trinajstić information content (AvgIpc) is 2.34. The molecule has 1 fully saturated rings. The number of carboxylic acid groups (broad SMARTS) is 2. The highest BCUT2D eigenvalue weighted by Gasteiger charge is 2.22. The minimum Gasteiger partial charge on any atom is -0.480 e. The third-order valence-electron chi connectivity index (χ3n) is 3.53. The summed E-state index contributed by atoms with van der Waals surface area (Å²) in [5, 5.41) is 20.0. The van der Waals surface area contributed by atoms with Crippen molar-refractivity contribution in [1.29, 1.82) is 0 Å². The van der Waals surface area contributed by atoms with Crippen LogP contribution < -0.4 is 5.32 Å². The number of nitrogens with one attached hydrogen (secondary N) is 1. The molecule has 1 rings (SSSR count). The van der Waals surface area contributed by atoms with Crippen molar-refractivity contribution in [3.63, 3.8) is 0 Å². The van der Waals surface area contributed by atoms with Gasteiger partial charge in [-0.05, 0) is 24.7 Å². The fourth-order valence-corrected chi connectivity index (χ4v) is 2.61. The van der Waals surface area contributed by atoms with E-state index in [1.807, 2.05) is 0 Å². The first-order valence-corrected chi connectivity index (χ1v) is 6.84. The number of hydrogen-bond acceptors (Lipinski definition) is 3. The highest BCUT2D eigenvalue weighted by Crippen LogP contribution is 2.27. The SMILES string of the molecule is CC1CCCC(CNC(=O)N(CC(=O)O)CC(=O)O)C1. The van der Waals surface area contributed by atoms with E-state index < -0.39 is 31.1 Å².